The number of ether oxygens (including phenoxy) is 3. The minimum absolute atomic E-state index is 0.0224. The number of methoxy groups -OCH3 is 3. The van der Waals surface area contributed by atoms with Crippen LogP contribution in [0.15, 0.2) is 54.6 Å². The van der Waals surface area contributed by atoms with E-state index in [1.807, 2.05) is 50.2 Å². The van der Waals surface area contributed by atoms with Crippen LogP contribution in [0, 0.1) is 12.7 Å². The third-order valence-corrected chi connectivity index (χ3v) is 7.84. The fourth-order valence-electron chi connectivity index (χ4n) is 5.28. The van der Waals surface area contributed by atoms with Gasteiger partial charge in [0.2, 0.25) is 0 Å². The number of Topliss-reactive ketones (excluding diaryl/α,β-unsaturated/α-hetero) is 2. The molecule has 0 aliphatic carbocycles. The minimum atomic E-state index is -0.934. The number of nitrogens with zero attached hydrogens (tertiary/aromatic N) is 1. The van der Waals surface area contributed by atoms with Crippen LogP contribution >= 0.6 is 12.2 Å². The Hall–Kier alpha value is -3.78. The first kappa shape index (κ1) is 32.7. The highest BCUT2D eigenvalue weighted by atomic mass is 32.1. The molecule has 0 unspecified atom stereocenters. The van der Waals surface area contributed by atoms with E-state index >= 15 is 4.39 Å². The van der Waals surface area contributed by atoms with Gasteiger partial charge in [-0.25, -0.2) is 4.39 Å². The maximum atomic E-state index is 15.4. The molecule has 0 radical (unpaired) electrons. The molecule has 0 fully saturated rings. The molecule has 0 N–H and O–H groups in total. The zero-order chi connectivity index (χ0) is 31.0. The standard InChI is InChI=1S/C34H40FNO5S/c1-22-14-28(39-5)11-9-26(22)20-36(21-27-10-12-29(40-6)17-32(27)41-7)33(42)19-34(4,18-24(3)38)30-16-25(15-23(2)37)8-13-31(30)35/h8-14,16-17H,15,18-21H2,1-7H3/t34-/m1/s1. The average molecular weight is 594 g/mol. The smallest absolute Gasteiger partial charge is 0.134 e. The summed E-state index contributed by atoms with van der Waals surface area (Å²) in [5.41, 5.74) is 3.13. The second kappa shape index (κ2) is 14.4. The summed E-state index contributed by atoms with van der Waals surface area (Å²) in [5, 5.41) is 0. The Morgan fingerprint density at radius 2 is 1.45 bits per heavy atom. The number of hydrogen-bond acceptors (Lipinski definition) is 6. The molecule has 0 saturated carbocycles. The summed E-state index contributed by atoms with van der Waals surface area (Å²) in [6, 6.07) is 16.2. The van der Waals surface area contributed by atoms with Crippen molar-refractivity contribution in [3.05, 3.63) is 88.2 Å². The number of carbonyl (C=O) groups is 2. The molecule has 0 bridgehead atoms. The lowest BCUT2D eigenvalue weighted by molar-refractivity contribution is -0.118. The van der Waals surface area contributed by atoms with Crippen LogP contribution in [0.3, 0.4) is 0 Å². The fourth-order valence-corrected chi connectivity index (χ4v) is 5.73. The van der Waals surface area contributed by atoms with Gasteiger partial charge in [-0.1, -0.05) is 37.3 Å². The lowest BCUT2D eigenvalue weighted by atomic mass is 9.74. The number of benzene rings is 3. The van der Waals surface area contributed by atoms with E-state index in [0.717, 1.165) is 22.4 Å². The summed E-state index contributed by atoms with van der Waals surface area (Å²) in [6.45, 7) is 7.77. The van der Waals surface area contributed by atoms with Crippen molar-refractivity contribution in [3.8, 4) is 17.2 Å². The van der Waals surface area contributed by atoms with Gasteiger partial charge in [0.25, 0.3) is 0 Å². The van der Waals surface area contributed by atoms with Gasteiger partial charge in [0.1, 0.15) is 34.6 Å². The summed E-state index contributed by atoms with van der Waals surface area (Å²) in [5.74, 6) is 1.56. The monoisotopic (exact) mass is 593 g/mol. The van der Waals surface area contributed by atoms with E-state index in [1.54, 1.807) is 33.5 Å². The zero-order valence-electron chi connectivity index (χ0n) is 25.5. The molecule has 0 amide bonds. The van der Waals surface area contributed by atoms with Gasteiger partial charge in [0.05, 0.1) is 26.3 Å². The van der Waals surface area contributed by atoms with Crippen molar-refractivity contribution in [1.82, 2.24) is 4.90 Å². The first-order valence-electron chi connectivity index (χ1n) is 13.8. The molecule has 3 rings (SSSR count). The lowest BCUT2D eigenvalue weighted by Crippen LogP contribution is -2.37. The summed E-state index contributed by atoms with van der Waals surface area (Å²) in [6.07, 6.45) is 0.527. The lowest BCUT2D eigenvalue weighted by Gasteiger charge is -2.35. The number of ketones is 2. The maximum absolute atomic E-state index is 15.4. The Bertz CT molecular complexity index is 1460. The van der Waals surface area contributed by atoms with Gasteiger partial charge in [-0.2, -0.15) is 0 Å². The average Bonchev–Trinajstić information content (AvgIpc) is 2.93. The number of aryl methyl sites for hydroxylation is 1. The Morgan fingerprint density at radius 3 is 2.02 bits per heavy atom. The molecule has 0 aliphatic rings. The fraction of sp³-hybridized carbons (Fsp3) is 0.382. The molecule has 3 aromatic carbocycles. The number of hydrogen-bond donors (Lipinski definition) is 0. The summed E-state index contributed by atoms with van der Waals surface area (Å²) < 4.78 is 31.8. The predicted octanol–water partition coefficient (Wildman–Crippen LogP) is 6.95. The van der Waals surface area contributed by atoms with Gasteiger partial charge in [-0.15, -0.1) is 0 Å². The number of thiocarbonyl (C=S) groups is 1. The third kappa shape index (κ3) is 8.38. The SMILES string of the molecule is COc1ccc(CN(Cc2ccc(OC)cc2OC)C(=S)C[C@@](C)(CC(C)=O)c2cc(CC(C)=O)ccc2F)c(C)c1. The summed E-state index contributed by atoms with van der Waals surface area (Å²) in [7, 11) is 4.84. The largest absolute Gasteiger partial charge is 0.497 e. The molecule has 42 heavy (non-hydrogen) atoms. The molecule has 3 aromatic rings. The first-order valence-corrected chi connectivity index (χ1v) is 14.2. The van der Waals surface area contributed by atoms with Crippen LogP contribution in [0.25, 0.3) is 0 Å². The molecule has 0 spiro atoms. The molecule has 0 saturated heterocycles. The van der Waals surface area contributed by atoms with Crippen LogP contribution < -0.4 is 14.2 Å². The van der Waals surface area contributed by atoms with E-state index in [4.69, 9.17) is 26.4 Å². The molecular weight excluding hydrogens is 553 g/mol. The van der Waals surface area contributed by atoms with Gasteiger partial charge in [0, 0.05) is 49.4 Å². The Morgan fingerprint density at radius 1 is 0.833 bits per heavy atom. The first-order chi connectivity index (χ1) is 19.9. The van der Waals surface area contributed by atoms with E-state index < -0.39 is 11.2 Å². The molecule has 0 heterocycles. The Balaban J connectivity index is 2.06. The second-order valence-corrected chi connectivity index (χ2v) is 11.5. The minimum Gasteiger partial charge on any atom is -0.497 e. The molecule has 8 heteroatoms. The molecule has 0 aromatic heterocycles. The van der Waals surface area contributed by atoms with Crippen molar-refractivity contribution >= 4 is 28.8 Å². The van der Waals surface area contributed by atoms with Crippen LogP contribution in [0.4, 0.5) is 4.39 Å². The molecular formula is C34H40FNO5S. The van der Waals surface area contributed by atoms with E-state index in [1.165, 1.54) is 19.9 Å². The van der Waals surface area contributed by atoms with Gasteiger partial charge in [-0.05, 0) is 73.4 Å². The summed E-state index contributed by atoms with van der Waals surface area (Å²) >= 11 is 6.09. The van der Waals surface area contributed by atoms with Crippen molar-refractivity contribution in [2.24, 2.45) is 0 Å². The molecule has 0 aliphatic heterocycles. The number of rotatable bonds is 14. The maximum Gasteiger partial charge on any atom is 0.134 e. The highest BCUT2D eigenvalue weighted by molar-refractivity contribution is 7.80. The molecule has 6 nitrogen and oxygen atoms in total. The van der Waals surface area contributed by atoms with Crippen molar-refractivity contribution in [2.75, 3.05) is 21.3 Å². The number of carbonyl (C=O) groups excluding carboxylic acids is 2. The van der Waals surface area contributed by atoms with Crippen molar-refractivity contribution in [1.29, 1.82) is 0 Å². The Kier molecular flexibility index (Phi) is 11.2. The second-order valence-electron chi connectivity index (χ2n) is 11.0. The van der Waals surface area contributed by atoms with Crippen molar-refractivity contribution in [3.63, 3.8) is 0 Å². The van der Waals surface area contributed by atoms with Crippen LogP contribution in [-0.2, 0) is 34.5 Å². The van der Waals surface area contributed by atoms with Crippen LogP contribution in [0.1, 0.15) is 61.4 Å². The van der Waals surface area contributed by atoms with E-state index in [-0.39, 0.29) is 30.8 Å². The predicted molar refractivity (Wildman–Crippen MR) is 167 cm³/mol. The van der Waals surface area contributed by atoms with Gasteiger partial charge >= 0.3 is 0 Å². The van der Waals surface area contributed by atoms with Gasteiger partial charge < -0.3 is 19.1 Å². The Labute approximate surface area is 253 Å². The van der Waals surface area contributed by atoms with Gasteiger partial charge in [0.15, 0.2) is 0 Å². The summed E-state index contributed by atoms with van der Waals surface area (Å²) in [4.78, 5) is 27.0. The van der Waals surface area contributed by atoms with Crippen molar-refractivity contribution < 1.29 is 28.2 Å². The third-order valence-electron chi connectivity index (χ3n) is 7.43. The molecule has 1 atom stereocenters. The van der Waals surface area contributed by atoms with Gasteiger partial charge in [-0.3, -0.25) is 9.59 Å². The zero-order valence-corrected chi connectivity index (χ0v) is 26.3. The van der Waals surface area contributed by atoms with Crippen LogP contribution in [-0.4, -0.2) is 42.8 Å². The van der Waals surface area contributed by atoms with Crippen LogP contribution in [0.2, 0.25) is 0 Å². The van der Waals surface area contributed by atoms with E-state index in [2.05, 4.69) is 4.90 Å². The topological polar surface area (TPSA) is 65.1 Å². The van der Waals surface area contributed by atoms with Crippen molar-refractivity contribution in [2.45, 2.75) is 65.5 Å². The van der Waals surface area contributed by atoms with E-state index in [9.17, 15) is 9.59 Å². The normalized spacial score (nSPS) is 12.3. The van der Waals surface area contributed by atoms with Crippen LogP contribution in [0.5, 0.6) is 17.2 Å². The quantitative estimate of drug-likeness (QED) is 0.188. The molecule has 224 valence electrons. The highest BCUT2D eigenvalue weighted by Gasteiger charge is 2.34. The highest BCUT2D eigenvalue weighted by Crippen LogP contribution is 2.37. The van der Waals surface area contributed by atoms with E-state index in [0.29, 0.717) is 40.7 Å². The number of halogens is 1.